The molecular weight excluding hydrogens is 426 g/mol. The third-order valence-electron chi connectivity index (χ3n) is 7.02. The number of nitrogens with one attached hydrogen (secondary N) is 2. The maximum absolute atomic E-state index is 13.2. The summed E-state index contributed by atoms with van der Waals surface area (Å²) >= 11 is 0. The topological polar surface area (TPSA) is 64.8 Å². The average Bonchev–Trinajstić information content (AvgIpc) is 2.86. The van der Waals surface area contributed by atoms with Crippen molar-refractivity contribution in [1.29, 1.82) is 0 Å². The highest BCUT2D eigenvalue weighted by Gasteiger charge is 2.37. The molecule has 6 nitrogen and oxygen atoms in total. The van der Waals surface area contributed by atoms with Gasteiger partial charge in [0.1, 0.15) is 11.4 Å². The molecule has 2 bridgehead atoms. The van der Waals surface area contributed by atoms with E-state index in [9.17, 15) is 9.59 Å². The number of nitrogens with zero attached hydrogens (tertiary/aromatic N) is 1. The molecule has 1 aromatic heterocycles. The van der Waals surface area contributed by atoms with Gasteiger partial charge in [0.05, 0.1) is 19.6 Å². The fourth-order valence-corrected chi connectivity index (χ4v) is 5.51. The second-order valence-electron chi connectivity index (χ2n) is 9.53. The molecule has 34 heavy (non-hydrogen) atoms. The standard InChI is InChI=1S/C28H31N3O3/c32-27(20-34-24-11-5-2-6-12-24)29-25-13-14-26-23-16-22(18-31(26)28(25)33)17-30(19-23)15-7-10-21-8-3-1-4-9-21/h1-6,8-9,11-14,22-23H,7,10,15-20H2,(H,29,32)/p+1/t22-,23+/m0/s1. The molecule has 3 aromatic rings. The monoisotopic (exact) mass is 458 g/mol. The molecule has 176 valence electrons. The van der Waals surface area contributed by atoms with Gasteiger partial charge in [0.2, 0.25) is 0 Å². The normalized spacial score (nSPS) is 20.9. The number of aromatic nitrogens is 1. The number of likely N-dealkylation sites (tertiary alicyclic amines) is 1. The highest BCUT2D eigenvalue weighted by molar-refractivity contribution is 5.91. The van der Waals surface area contributed by atoms with Crippen LogP contribution in [-0.4, -0.2) is 36.7 Å². The molecule has 1 fully saturated rings. The fourth-order valence-electron chi connectivity index (χ4n) is 5.51. The summed E-state index contributed by atoms with van der Waals surface area (Å²) in [5.41, 5.74) is 2.74. The van der Waals surface area contributed by atoms with Gasteiger partial charge in [0.15, 0.2) is 6.61 Å². The lowest BCUT2D eigenvalue weighted by Crippen LogP contribution is -3.14. The Bertz CT molecular complexity index is 1180. The Morgan fingerprint density at radius 3 is 2.56 bits per heavy atom. The van der Waals surface area contributed by atoms with Crippen LogP contribution < -0.4 is 20.5 Å². The first kappa shape index (κ1) is 22.4. The van der Waals surface area contributed by atoms with E-state index in [-0.39, 0.29) is 18.1 Å². The van der Waals surface area contributed by atoms with Crippen molar-refractivity contribution in [3.63, 3.8) is 0 Å². The van der Waals surface area contributed by atoms with Crippen LogP contribution >= 0.6 is 0 Å². The maximum Gasteiger partial charge on any atom is 0.274 e. The number of benzene rings is 2. The number of quaternary nitrogens is 1. The Morgan fingerprint density at radius 2 is 1.76 bits per heavy atom. The van der Waals surface area contributed by atoms with E-state index in [0.717, 1.165) is 38.2 Å². The summed E-state index contributed by atoms with van der Waals surface area (Å²) in [4.78, 5) is 27.2. The van der Waals surface area contributed by atoms with E-state index < -0.39 is 0 Å². The van der Waals surface area contributed by atoms with Crippen LogP contribution in [0.4, 0.5) is 5.69 Å². The van der Waals surface area contributed by atoms with Gasteiger partial charge in [-0.05, 0) is 42.7 Å². The fraction of sp³-hybridized carbons (Fsp3) is 0.357. The number of ether oxygens (including phenoxy) is 1. The molecule has 0 radical (unpaired) electrons. The highest BCUT2D eigenvalue weighted by Crippen LogP contribution is 2.30. The van der Waals surface area contributed by atoms with Crippen LogP contribution in [0.15, 0.2) is 77.6 Å². The van der Waals surface area contributed by atoms with Crippen LogP contribution in [0.3, 0.4) is 0 Å². The number of carbonyl (C=O) groups is 1. The molecule has 3 atom stereocenters. The van der Waals surface area contributed by atoms with Crippen molar-refractivity contribution in [3.05, 3.63) is 94.4 Å². The van der Waals surface area contributed by atoms with Crippen LogP contribution in [0.1, 0.15) is 30.0 Å². The van der Waals surface area contributed by atoms with Gasteiger partial charge in [0.25, 0.3) is 11.5 Å². The summed E-state index contributed by atoms with van der Waals surface area (Å²) in [7, 11) is 0. The summed E-state index contributed by atoms with van der Waals surface area (Å²) in [6, 6.07) is 23.7. The van der Waals surface area contributed by atoms with Crippen molar-refractivity contribution >= 4 is 11.6 Å². The predicted octanol–water partition coefficient (Wildman–Crippen LogP) is 2.50. The number of piperidine rings is 1. The van der Waals surface area contributed by atoms with Gasteiger partial charge < -0.3 is 19.5 Å². The van der Waals surface area contributed by atoms with Gasteiger partial charge in [-0.15, -0.1) is 0 Å². The molecular formula is C28H32N3O3+. The molecule has 2 aliphatic heterocycles. The summed E-state index contributed by atoms with van der Waals surface area (Å²) < 4.78 is 7.40. The number of anilines is 1. The van der Waals surface area contributed by atoms with Gasteiger partial charge in [-0.1, -0.05) is 48.5 Å². The number of amides is 1. The van der Waals surface area contributed by atoms with Crippen molar-refractivity contribution in [2.24, 2.45) is 5.92 Å². The molecule has 6 heteroatoms. The first-order valence-corrected chi connectivity index (χ1v) is 12.2. The SMILES string of the molecule is O=C(COc1ccccc1)Nc1ccc2n(c1=O)C[C@H]1C[C@@H]2C[NH+](CCCc2ccccc2)C1. The van der Waals surface area contributed by atoms with Crippen molar-refractivity contribution in [2.45, 2.75) is 31.7 Å². The minimum atomic E-state index is -0.327. The third kappa shape index (κ3) is 5.23. The molecule has 5 rings (SSSR count). The first-order valence-electron chi connectivity index (χ1n) is 12.2. The summed E-state index contributed by atoms with van der Waals surface area (Å²) in [6.07, 6.45) is 3.45. The Morgan fingerprint density at radius 1 is 1.00 bits per heavy atom. The van der Waals surface area contributed by atoms with E-state index in [2.05, 4.69) is 35.6 Å². The van der Waals surface area contributed by atoms with E-state index in [1.54, 1.807) is 23.1 Å². The number of pyridine rings is 1. The quantitative estimate of drug-likeness (QED) is 0.545. The Hall–Kier alpha value is -3.38. The molecule has 0 saturated carbocycles. The molecule has 2 aliphatic rings. The zero-order chi connectivity index (χ0) is 23.3. The number of aryl methyl sites for hydroxylation is 1. The lowest BCUT2D eigenvalue weighted by Gasteiger charge is -2.40. The predicted molar refractivity (Wildman–Crippen MR) is 132 cm³/mol. The molecule has 1 amide bonds. The zero-order valence-electron chi connectivity index (χ0n) is 19.4. The number of rotatable bonds is 8. The smallest absolute Gasteiger partial charge is 0.274 e. The van der Waals surface area contributed by atoms with Gasteiger partial charge in [-0.25, -0.2) is 0 Å². The second kappa shape index (κ2) is 10.3. The van der Waals surface area contributed by atoms with E-state index >= 15 is 0 Å². The largest absolute Gasteiger partial charge is 0.484 e. The van der Waals surface area contributed by atoms with Crippen LogP contribution in [0.5, 0.6) is 5.75 Å². The van der Waals surface area contributed by atoms with Crippen LogP contribution in [0.2, 0.25) is 0 Å². The van der Waals surface area contributed by atoms with Crippen molar-refractivity contribution < 1.29 is 14.4 Å². The Labute approximate surface area is 200 Å². The lowest BCUT2D eigenvalue weighted by molar-refractivity contribution is -0.911. The third-order valence-corrected chi connectivity index (χ3v) is 7.02. The molecule has 1 saturated heterocycles. The number of carbonyl (C=O) groups excluding carboxylic acids is 1. The van der Waals surface area contributed by atoms with E-state index in [1.165, 1.54) is 18.5 Å². The van der Waals surface area contributed by atoms with Crippen molar-refractivity contribution in [3.8, 4) is 5.75 Å². The van der Waals surface area contributed by atoms with Crippen LogP contribution in [0, 0.1) is 5.92 Å². The lowest BCUT2D eigenvalue weighted by atomic mass is 9.83. The second-order valence-corrected chi connectivity index (χ2v) is 9.53. The molecule has 0 aliphatic carbocycles. The number of hydrogen-bond donors (Lipinski definition) is 2. The maximum atomic E-state index is 13.2. The Balaban J connectivity index is 1.19. The van der Waals surface area contributed by atoms with E-state index in [4.69, 9.17) is 4.74 Å². The van der Waals surface area contributed by atoms with Gasteiger partial charge in [-0.2, -0.15) is 0 Å². The molecule has 0 spiro atoms. The number of para-hydroxylation sites is 1. The van der Waals surface area contributed by atoms with Crippen molar-refractivity contribution in [2.75, 3.05) is 31.6 Å². The van der Waals surface area contributed by atoms with Gasteiger partial charge in [-0.3, -0.25) is 9.59 Å². The highest BCUT2D eigenvalue weighted by atomic mass is 16.5. The van der Waals surface area contributed by atoms with Crippen LogP contribution in [0.25, 0.3) is 0 Å². The average molecular weight is 459 g/mol. The molecule has 2 N–H and O–H groups in total. The van der Waals surface area contributed by atoms with E-state index in [0.29, 0.717) is 23.3 Å². The molecule has 3 heterocycles. The minimum Gasteiger partial charge on any atom is -0.484 e. The van der Waals surface area contributed by atoms with Crippen LogP contribution in [-0.2, 0) is 17.8 Å². The summed E-state index contributed by atoms with van der Waals surface area (Å²) in [5, 5.41) is 2.75. The van der Waals surface area contributed by atoms with E-state index in [1.807, 2.05) is 28.8 Å². The van der Waals surface area contributed by atoms with Gasteiger partial charge in [0, 0.05) is 30.5 Å². The Kier molecular flexibility index (Phi) is 6.77. The van der Waals surface area contributed by atoms with Crippen molar-refractivity contribution in [1.82, 2.24) is 4.57 Å². The molecule has 1 unspecified atom stereocenters. The summed E-state index contributed by atoms with van der Waals surface area (Å²) in [6.45, 7) is 3.95. The first-order chi connectivity index (χ1) is 16.7. The number of fused-ring (bicyclic) bond motifs is 4. The minimum absolute atomic E-state index is 0.104. The molecule has 2 aromatic carbocycles. The number of hydrogen-bond acceptors (Lipinski definition) is 3. The summed E-state index contributed by atoms with van der Waals surface area (Å²) in [5.74, 6) is 1.20. The van der Waals surface area contributed by atoms with Gasteiger partial charge >= 0.3 is 0 Å². The zero-order valence-corrected chi connectivity index (χ0v) is 19.4.